The SMILES string of the molecule is CN(C)c1ccn2c(C(N)C(=O)O)cnc2c1. The van der Waals surface area contributed by atoms with E-state index in [-0.39, 0.29) is 0 Å². The summed E-state index contributed by atoms with van der Waals surface area (Å²) in [7, 11) is 3.86. The van der Waals surface area contributed by atoms with Crippen LogP contribution in [0.4, 0.5) is 5.69 Å². The van der Waals surface area contributed by atoms with E-state index in [1.807, 2.05) is 31.1 Å². The van der Waals surface area contributed by atoms with Crippen LogP contribution in [0.15, 0.2) is 24.5 Å². The van der Waals surface area contributed by atoms with Crippen LogP contribution in [0.1, 0.15) is 11.7 Å². The van der Waals surface area contributed by atoms with Crippen LogP contribution in [0.5, 0.6) is 0 Å². The van der Waals surface area contributed by atoms with E-state index in [0.29, 0.717) is 11.3 Å². The maximum Gasteiger partial charge on any atom is 0.326 e. The van der Waals surface area contributed by atoms with Gasteiger partial charge in [-0.15, -0.1) is 0 Å². The zero-order chi connectivity index (χ0) is 12.6. The van der Waals surface area contributed by atoms with Crippen LogP contribution in [-0.2, 0) is 4.79 Å². The van der Waals surface area contributed by atoms with Crippen molar-refractivity contribution in [2.45, 2.75) is 6.04 Å². The Morgan fingerprint density at radius 3 is 2.88 bits per heavy atom. The highest BCUT2D eigenvalue weighted by molar-refractivity contribution is 5.75. The van der Waals surface area contributed by atoms with E-state index in [0.717, 1.165) is 5.69 Å². The summed E-state index contributed by atoms with van der Waals surface area (Å²) >= 11 is 0. The minimum Gasteiger partial charge on any atom is -0.480 e. The van der Waals surface area contributed by atoms with Gasteiger partial charge < -0.3 is 20.1 Å². The number of nitrogens with two attached hydrogens (primary N) is 1. The first kappa shape index (κ1) is 11.4. The molecule has 0 spiro atoms. The summed E-state index contributed by atoms with van der Waals surface area (Å²) < 4.78 is 1.69. The second-order valence-corrected chi connectivity index (χ2v) is 4.01. The van der Waals surface area contributed by atoms with Gasteiger partial charge in [0.25, 0.3) is 0 Å². The molecule has 0 saturated heterocycles. The quantitative estimate of drug-likeness (QED) is 0.807. The number of hydrogen-bond acceptors (Lipinski definition) is 4. The van der Waals surface area contributed by atoms with E-state index < -0.39 is 12.0 Å². The van der Waals surface area contributed by atoms with Gasteiger partial charge in [-0.25, -0.2) is 4.98 Å². The van der Waals surface area contributed by atoms with Crippen LogP contribution in [0.3, 0.4) is 0 Å². The van der Waals surface area contributed by atoms with Gasteiger partial charge >= 0.3 is 5.97 Å². The molecule has 2 aromatic heterocycles. The number of anilines is 1. The number of nitrogens with zero attached hydrogens (tertiary/aromatic N) is 3. The fraction of sp³-hybridized carbons (Fsp3) is 0.273. The molecule has 3 N–H and O–H groups in total. The summed E-state index contributed by atoms with van der Waals surface area (Å²) in [5.74, 6) is -1.07. The normalized spacial score (nSPS) is 12.6. The smallest absolute Gasteiger partial charge is 0.326 e. The predicted molar refractivity (Wildman–Crippen MR) is 64.1 cm³/mol. The third-order valence-electron chi connectivity index (χ3n) is 2.63. The molecule has 0 radical (unpaired) electrons. The maximum absolute atomic E-state index is 10.8. The van der Waals surface area contributed by atoms with Crippen LogP contribution in [-0.4, -0.2) is 34.6 Å². The summed E-state index contributed by atoms with van der Waals surface area (Å²) in [5, 5.41) is 8.88. The van der Waals surface area contributed by atoms with E-state index in [9.17, 15) is 4.79 Å². The zero-order valence-corrected chi connectivity index (χ0v) is 9.66. The Bertz CT molecular complexity index is 562. The fourth-order valence-corrected chi connectivity index (χ4v) is 1.62. The Morgan fingerprint density at radius 1 is 1.59 bits per heavy atom. The Balaban J connectivity index is 2.52. The third-order valence-corrected chi connectivity index (χ3v) is 2.63. The number of imidazole rings is 1. The summed E-state index contributed by atoms with van der Waals surface area (Å²) in [6, 6.07) is 2.69. The molecule has 1 atom stereocenters. The predicted octanol–water partition coefficient (Wildman–Crippen LogP) is 0.485. The molecule has 1 unspecified atom stereocenters. The van der Waals surface area contributed by atoms with Crippen molar-refractivity contribution in [3.63, 3.8) is 0 Å². The van der Waals surface area contributed by atoms with E-state index in [2.05, 4.69) is 4.98 Å². The molecule has 2 heterocycles. The van der Waals surface area contributed by atoms with Gasteiger partial charge in [-0.2, -0.15) is 0 Å². The van der Waals surface area contributed by atoms with Gasteiger partial charge in [0.1, 0.15) is 11.7 Å². The molecular formula is C11H14N4O2. The largest absolute Gasteiger partial charge is 0.480 e. The molecule has 90 valence electrons. The first-order valence-electron chi connectivity index (χ1n) is 5.13. The molecule has 2 aromatic rings. The standard InChI is InChI=1S/C11H14N4O2/c1-14(2)7-3-4-15-8(10(12)11(16)17)6-13-9(15)5-7/h3-6,10H,12H2,1-2H3,(H,16,17). The molecular weight excluding hydrogens is 220 g/mol. The van der Waals surface area contributed by atoms with Crippen LogP contribution >= 0.6 is 0 Å². The summed E-state index contributed by atoms with van der Waals surface area (Å²) in [4.78, 5) is 17.0. The number of rotatable bonds is 3. The summed E-state index contributed by atoms with van der Waals surface area (Å²) in [6.07, 6.45) is 3.27. The molecule has 0 aliphatic carbocycles. The van der Waals surface area contributed by atoms with E-state index in [1.165, 1.54) is 6.20 Å². The second kappa shape index (κ2) is 4.06. The highest BCUT2D eigenvalue weighted by atomic mass is 16.4. The van der Waals surface area contributed by atoms with Gasteiger partial charge in [-0.05, 0) is 6.07 Å². The molecule has 0 bridgehead atoms. The Morgan fingerprint density at radius 2 is 2.29 bits per heavy atom. The van der Waals surface area contributed by atoms with Gasteiger partial charge in [0.15, 0.2) is 0 Å². The fourth-order valence-electron chi connectivity index (χ4n) is 1.62. The first-order chi connectivity index (χ1) is 8.00. The number of carboxylic acid groups (broad SMARTS) is 1. The number of aromatic nitrogens is 2. The van der Waals surface area contributed by atoms with Crippen molar-refractivity contribution in [3.8, 4) is 0 Å². The number of fused-ring (bicyclic) bond motifs is 1. The molecule has 0 fully saturated rings. The van der Waals surface area contributed by atoms with E-state index >= 15 is 0 Å². The maximum atomic E-state index is 10.8. The Hall–Kier alpha value is -2.08. The Labute approximate surface area is 98.3 Å². The number of pyridine rings is 1. The van der Waals surface area contributed by atoms with Crippen molar-refractivity contribution >= 4 is 17.3 Å². The lowest BCUT2D eigenvalue weighted by Crippen LogP contribution is -2.22. The van der Waals surface area contributed by atoms with Crippen LogP contribution < -0.4 is 10.6 Å². The minimum atomic E-state index is -1.07. The van der Waals surface area contributed by atoms with Crippen molar-refractivity contribution < 1.29 is 9.90 Å². The molecule has 2 rings (SSSR count). The van der Waals surface area contributed by atoms with Gasteiger partial charge in [-0.1, -0.05) is 0 Å². The van der Waals surface area contributed by atoms with E-state index in [1.54, 1.807) is 10.6 Å². The van der Waals surface area contributed by atoms with Crippen molar-refractivity contribution in [2.24, 2.45) is 5.73 Å². The van der Waals surface area contributed by atoms with Crippen molar-refractivity contribution in [1.82, 2.24) is 9.38 Å². The lowest BCUT2D eigenvalue weighted by atomic mass is 10.2. The number of carboxylic acids is 1. The molecule has 6 heteroatoms. The van der Waals surface area contributed by atoms with E-state index in [4.69, 9.17) is 10.8 Å². The van der Waals surface area contributed by atoms with Crippen molar-refractivity contribution in [1.29, 1.82) is 0 Å². The third kappa shape index (κ3) is 1.94. The van der Waals surface area contributed by atoms with Gasteiger partial charge in [-0.3, -0.25) is 4.79 Å². The molecule has 17 heavy (non-hydrogen) atoms. The van der Waals surface area contributed by atoms with Crippen LogP contribution in [0, 0.1) is 0 Å². The molecule has 6 nitrogen and oxygen atoms in total. The lowest BCUT2D eigenvalue weighted by molar-refractivity contribution is -0.138. The summed E-state index contributed by atoms with van der Waals surface area (Å²) in [5.41, 5.74) is 7.73. The number of carbonyl (C=O) groups is 1. The molecule has 0 aliphatic rings. The minimum absolute atomic E-state index is 0.470. The highest BCUT2D eigenvalue weighted by Gasteiger charge is 2.18. The molecule has 0 amide bonds. The Kier molecular flexibility index (Phi) is 2.72. The molecule has 0 aliphatic heterocycles. The average molecular weight is 234 g/mol. The van der Waals surface area contributed by atoms with Crippen LogP contribution in [0.25, 0.3) is 5.65 Å². The monoisotopic (exact) mass is 234 g/mol. The molecule has 0 saturated carbocycles. The van der Waals surface area contributed by atoms with Crippen molar-refractivity contribution in [3.05, 3.63) is 30.2 Å². The second-order valence-electron chi connectivity index (χ2n) is 4.01. The molecule has 0 aromatic carbocycles. The van der Waals surface area contributed by atoms with Gasteiger partial charge in [0, 0.05) is 32.0 Å². The van der Waals surface area contributed by atoms with Crippen LogP contribution in [0.2, 0.25) is 0 Å². The number of hydrogen-bond donors (Lipinski definition) is 2. The summed E-state index contributed by atoms with van der Waals surface area (Å²) in [6.45, 7) is 0. The lowest BCUT2D eigenvalue weighted by Gasteiger charge is -2.13. The van der Waals surface area contributed by atoms with Gasteiger partial charge in [0.05, 0.1) is 11.9 Å². The van der Waals surface area contributed by atoms with Crippen molar-refractivity contribution in [2.75, 3.05) is 19.0 Å². The average Bonchev–Trinajstić information content (AvgIpc) is 2.70. The first-order valence-corrected chi connectivity index (χ1v) is 5.13. The number of aliphatic carboxylic acids is 1. The topological polar surface area (TPSA) is 83.9 Å². The van der Waals surface area contributed by atoms with Gasteiger partial charge in [0.2, 0.25) is 0 Å². The highest BCUT2D eigenvalue weighted by Crippen LogP contribution is 2.18. The zero-order valence-electron chi connectivity index (χ0n) is 9.66.